The van der Waals surface area contributed by atoms with E-state index in [0.717, 1.165) is 50.4 Å². The average Bonchev–Trinajstić information content (AvgIpc) is 2.88. The second kappa shape index (κ2) is 8.77. The van der Waals surface area contributed by atoms with Gasteiger partial charge in [0.15, 0.2) is 0 Å². The van der Waals surface area contributed by atoms with Gasteiger partial charge >= 0.3 is 0 Å². The zero-order valence-electron chi connectivity index (χ0n) is 14.6. The smallest absolute Gasteiger partial charge is 0.0991 e. The van der Waals surface area contributed by atoms with Gasteiger partial charge in [-0.05, 0) is 48.3 Å². The van der Waals surface area contributed by atoms with Gasteiger partial charge in [0.05, 0.1) is 18.2 Å². The molecule has 1 aliphatic heterocycles. The number of hydrogen-bond acceptors (Lipinski definition) is 4. The maximum Gasteiger partial charge on any atom is 0.0991 e. The van der Waals surface area contributed by atoms with Crippen LogP contribution in [0.4, 0.5) is 0 Å². The molecule has 0 amide bonds. The molecule has 4 heteroatoms. The van der Waals surface area contributed by atoms with Crippen LogP contribution in [0.25, 0.3) is 0 Å². The summed E-state index contributed by atoms with van der Waals surface area (Å²) in [5.41, 5.74) is 4.26. The molecule has 4 nitrogen and oxygen atoms in total. The highest BCUT2D eigenvalue weighted by atomic mass is 16.3. The fraction of sp³-hybridized carbons (Fsp3) is 0.381. The minimum Gasteiger partial charge on any atom is -0.392 e. The van der Waals surface area contributed by atoms with E-state index in [0.29, 0.717) is 0 Å². The molecular formula is C21H25N3O. The Balaban J connectivity index is 1.51. The van der Waals surface area contributed by atoms with Crippen LogP contribution < -0.4 is 0 Å². The maximum atomic E-state index is 9.13. The molecular weight excluding hydrogens is 310 g/mol. The first-order valence-electron chi connectivity index (χ1n) is 8.89. The Morgan fingerprint density at radius 1 is 0.760 bits per heavy atom. The number of nitrogens with zero attached hydrogens (tertiary/aromatic N) is 3. The molecule has 0 bridgehead atoms. The first kappa shape index (κ1) is 17.6. The summed E-state index contributed by atoms with van der Waals surface area (Å²) in [6.07, 6.45) is 1.17. The van der Waals surface area contributed by atoms with E-state index in [-0.39, 0.29) is 6.61 Å². The first-order valence-corrected chi connectivity index (χ1v) is 8.89. The van der Waals surface area contributed by atoms with Crippen molar-refractivity contribution >= 4 is 0 Å². The van der Waals surface area contributed by atoms with E-state index in [1.54, 1.807) is 0 Å². The van der Waals surface area contributed by atoms with Crippen LogP contribution in [0.5, 0.6) is 0 Å². The standard InChI is InChI=1S/C21H25N3O/c22-14-18-2-4-19(5-3-18)15-23-10-1-11-24(13-12-23)16-20-6-8-21(17-25)9-7-20/h2-9,25H,1,10-13,15-17H2. The average molecular weight is 335 g/mol. The van der Waals surface area contributed by atoms with Crippen LogP contribution in [-0.4, -0.2) is 41.1 Å². The lowest BCUT2D eigenvalue weighted by Crippen LogP contribution is -2.30. The van der Waals surface area contributed by atoms with Crippen molar-refractivity contribution in [3.05, 3.63) is 70.8 Å². The SMILES string of the molecule is N#Cc1ccc(CN2CCCN(Cc3ccc(CO)cc3)CC2)cc1. The lowest BCUT2D eigenvalue weighted by molar-refractivity contribution is 0.247. The Morgan fingerprint density at radius 2 is 1.24 bits per heavy atom. The molecule has 1 saturated heterocycles. The van der Waals surface area contributed by atoms with Crippen molar-refractivity contribution in [3.63, 3.8) is 0 Å². The zero-order chi connectivity index (χ0) is 17.5. The van der Waals surface area contributed by atoms with E-state index in [1.807, 2.05) is 24.3 Å². The van der Waals surface area contributed by atoms with E-state index in [1.165, 1.54) is 17.5 Å². The molecule has 2 aromatic rings. The second-order valence-corrected chi connectivity index (χ2v) is 6.69. The third-order valence-corrected chi connectivity index (χ3v) is 4.78. The van der Waals surface area contributed by atoms with Gasteiger partial charge in [-0.3, -0.25) is 9.80 Å². The normalized spacial score (nSPS) is 16.3. The molecule has 130 valence electrons. The summed E-state index contributed by atoms with van der Waals surface area (Å²) in [5.74, 6) is 0. The van der Waals surface area contributed by atoms with Gasteiger partial charge < -0.3 is 5.11 Å². The molecule has 0 spiro atoms. The van der Waals surface area contributed by atoms with Crippen molar-refractivity contribution < 1.29 is 5.11 Å². The van der Waals surface area contributed by atoms with Gasteiger partial charge in [0.25, 0.3) is 0 Å². The van der Waals surface area contributed by atoms with Crippen LogP contribution in [0.1, 0.15) is 28.7 Å². The minimum atomic E-state index is 0.105. The topological polar surface area (TPSA) is 50.5 Å². The highest BCUT2D eigenvalue weighted by molar-refractivity contribution is 5.31. The Hall–Kier alpha value is -2.19. The molecule has 0 saturated carbocycles. The molecule has 1 heterocycles. The van der Waals surface area contributed by atoms with Gasteiger partial charge in [-0.15, -0.1) is 0 Å². The first-order chi connectivity index (χ1) is 12.3. The van der Waals surface area contributed by atoms with Crippen molar-refractivity contribution in [1.29, 1.82) is 5.26 Å². The van der Waals surface area contributed by atoms with E-state index in [2.05, 4.69) is 40.1 Å². The van der Waals surface area contributed by atoms with Crippen LogP contribution in [0.2, 0.25) is 0 Å². The predicted octanol–water partition coefficient (Wildman–Crippen LogP) is 2.76. The largest absolute Gasteiger partial charge is 0.392 e. The highest BCUT2D eigenvalue weighted by Gasteiger charge is 2.15. The predicted molar refractivity (Wildman–Crippen MR) is 98.7 cm³/mol. The molecule has 1 aliphatic rings. The van der Waals surface area contributed by atoms with Crippen LogP contribution >= 0.6 is 0 Å². The van der Waals surface area contributed by atoms with E-state index < -0.39 is 0 Å². The summed E-state index contributed by atoms with van der Waals surface area (Å²) in [6.45, 7) is 6.38. The van der Waals surface area contributed by atoms with Crippen LogP contribution in [0.3, 0.4) is 0 Å². The molecule has 0 unspecified atom stereocenters. The lowest BCUT2D eigenvalue weighted by Gasteiger charge is -2.22. The van der Waals surface area contributed by atoms with Gasteiger partial charge in [0.2, 0.25) is 0 Å². The molecule has 1 N–H and O–H groups in total. The second-order valence-electron chi connectivity index (χ2n) is 6.69. The van der Waals surface area contributed by atoms with Crippen LogP contribution in [-0.2, 0) is 19.7 Å². The zero-order valence-corrected chi connectivity index (χ0v) is 14.6. The molecule has 1 fully saturated rings. The third-order valence-electron chi connectivity index (χ3n) is 4.78. The van der Waals surface area contributed by atoms with Gasteiger partial charge in [0.1, 0.15) is 0 Å². The minimum absolute atomic E-state index is 0.105. The molecule has 2 aromatic carbocycles. The van der Waals surface area contributed by atoms with Crippen LogP contribution in [0, 0.1) is 11.3 Å². The summed E-state index contributed by atoms with van der Waals surface area (Å²) >= 11 is 0. The summed E-state index contributed by atoms with van der Waals surface area (Å²) in [5, 5.41) is 18.0. The van der Waals surface area contributed by atoms with Crippen molar-refractivity contribution in [2.45, 2.75) is 26.1 Å². The van der Waals surface area contributed by atoms with E-state index in [4.69, 9.17) is 10.4 Å². The van der Waals surface area contributed by atoms with E-state index in [9.17, 15) is 0 Å². The Morgan fingerprint density at radius 3 is 1.72 bits per heavy atom. The van der Waals surface area contributed by atoms with Crippen molar-refractivity contribution in [2.24, 2.45) is 0 Å². The van der Waals surface area contributed by atoms with Gasteiger partial charge in [0, 0.05) is 26.2 Å². The molecule has 3 rings (SSSR count). The Bertz CT molecular complexity index is 703. The lowest BCUT2D eigenvalue weighted by atomic mass is 10.1. The van der Waals surface area contributed by atoms with Crippen molar-refractivity contribution in [2.75, 3.05) is 26.2 Å². The molecule has 0 aliphatic carbocycles. The summed E-state index contributed by atoms with van der Waals surface area (Å²) in [7, 11) is 0. The van der Waals surface area contributed by atoms with E-state index >= 15 is 0 Å². The summed E-state index contributed by atoms with van der Waals surface area (Å²) < 4.78 is 0. The van der Waals surface area contributed by atoms with Crippen molar-refractivity contribution in [1.82, 2.24) is 9.80 Å². The third kappa shape index (κ3) is 5.14. The molecule has 0 aromatic heterocycles. The number of rotatable bonds is 5. The quantitative estimate of drug-likeness (QED) is 0.913. The van der Waals surface area contributed by atoms with Gasteiger partial charge in [-0.2, -0.15) is 5.26 Å². The van der Waals surface area contributed by atoms with Gasteiger partial charge in [-0.1, -0.05) is 36.4 Å². The molecule has 0 radical (unpaired) electrons. The number of aliphatic hydroxyl groups excluding tert-OH is 1. The Kier molecular flexibility index (Phi) is 6.19. The maximum absolute atomic E-state index is 9.13. The van der Waals surface area contributed by atoms with Crippen molar-refractivity contribution in [3.8, 4) is 6.07 Å². The van der Waals surface area contributed by atoms with Crippen LogP contribution in [0.15, 0.2) is 48.5 Å². The Labute approximate surface area is 149 Å². The summed E-state index contributed by atoms with van der Waals surface area (Å²) in [4.78, 5) is 5.00. The number of hydrogen-bond donors (Lipinski definition) is 1. The molecule has 25 heavy (non-hydrogen) atoms. The number of aliphatic hydroxyl groups is 1. The fourth-order valence-corrected chi connectivity index (χ4v) is 3.29. The fourth-order valence-electron chi connectivity index (χ4n) is 3.29. The highest BCUT2D eigenvalue weighted by Crippen LogP contribution is 2.13. The monoisotopic (exact) mass is 335 g/mol. The number of benzene rings is 2. The summed E-state index contributed by atoms with van der Waals surface area (Å²) in [6, 6.07) is 18.3. The number of nitriles is 1. The molecule has 0 atom stereocenters. The van der Waals surface area contributed by atoms with Gasteiger partial charge in [-0.25, -0.2) is 0 Å².